The number of carboxylic acid groups (broad SMARTS) is 1. The predicted octanol–water partition coefficient (Wildman–Crippen LogP) is -0.419. The van der Waals surface area contributed by atoms with Gasteiger partial charge in [0.25, 0.3) is 0 Å². The maximum absolute atomic E-state index is 10.9. The summed E-state index contributed by atoms with van der Waals surface area (Å²) in [6, 6.07) is 0.565. The Morgan fingerprint density at radius 2 is 2.33 bits per heavy atom. The minimum Gasteiger partial charge on any atom is -0.480 e. The van der Waals surface area contributed by atoms with Crippen molar-refractivity contribution in [1.29, 1.82) is 5.41 Å². The molecule has 0 aromatic carbocycles. The largest absolute Gasteiger partial charge is 0.480 e. The molecule has 0 aliphatic heterocycles. The first kappa shape index (κ1) is 14.2. The summed E-state index contributed by atoms with van der Waals surface area (Å²) in [5, 5.41) is 19.2. The summed E-state index contributed by atoms with van der Waals surface area (Å²) in [6.07, 6.45) is 1.67. The Balaban J connectivity index is 2.72. The van der Waals surface area contributed by atoms with Crippen LogP contribution in [0.15, 0.2) is 17.4 Å². The van der Waals surface area contributed by atoms with E-state index in [9.17, 15) is 9.59 Å². The van der Waals surface area contributed by atoms with Gasteiger partial charge in [0.1, 0.15) is 11.5 Å². The molecule has 0 radical (unpaired) electrons. The van der Waals surface area contributed by atoms with Crippen molar-refractivity contribution in [2.45, 2.75) is 18.1 Å². The summed E-state index contributed by atoms with van der Waals surface area (Å²) < 4.78 is 1.69. The van der Waals surface area contributed by atoms with Crippen LogP contribution >= 0.6 is 11.8 Å². The van der Waals surface area contributed by atoms with Gasteiger partial charge in [0.2, 0.25) is 5.91 Å². The lowest BCUT2D eigenvalue weighted by atomic mass is 10.3. The fourth-order valence-electron chi connectivity index (χ4n) is 1.18. The van der Waals surface area contributed by atoms with Crippen molar-refractivity contribution < 1.29 is 14.7 Å². The summed E-state index contributed by atoms with van der Waals surface area (Å²) in [7, 11) is 1.75. The van der Waals surface area contributed by atoms with Crippen LogP contribution in [-0.2, 0) is 16.6 Å². The first-order valence-electron chi connectivity index (χ1n) is 5.11. The summed E-state index contributed by atoms with van der Waals surface area (Å²) >= 11 is 1.18. The molecule has 3 N–H and O–H groups in total. The molecule has 0 fully saturated rings. The van der Waals surface area contributed by atoms with Crippen LogP contribution in [0.5, 0.6) is 0 Å². The molecule has 1 amide bonds. The zero-order chi connectivity index (χ0) is 13.7. The van der Waals surface area contributed by atoms with Gasteiger partial charge < -0.3 is 15.0 Å². The second-order valence-electron chi connectivity index (χ2n) is 3.61. The molecule has 1 heterocycles. The van der Waals surface area contributed by atoms with Crippen molar-refractivity contribution in [2.75, 3.05) is 5.75 Å². The molecule has 0 bridgehead atoms. The summed E-state index contributed by atoms with van der Waals surface area (Å²) in [5.74, 6) is -1.34. The molecule has 1 aromatic rings. The average molecular weight is 270 g/mol. The molecular weight excluding hydrogens is 256 g/mol. The molecule has 0 saturated carbocycles. The lowest BCUT2D eigenvalue weighted by molar-refractivity contribution is -0.140. The molecule has 0 aliphatic rings. The van der Waals surface area contributed by atoms with E-state index in [-0.39, 0.29) is 11.2 Å². The SMILES string of the molecule is CC(=O)N[C@@H](CSc1nc(=N)ccn1C)C(=O)O. The molecule has 0 aliphatic carbocycles. The highest BCUT2D eigenvalue weighted by molar-refractivity contribution is 7.99. The van der Waals surface area contributed by atoms with Crippen LogP contribution in [-0.4, -0.2) is 38.3 Å². The van der Waals surface area contributed by atoms with Crippen molar-refractivity contribution in [3.8, 4) is 0 Å². The molecule has 98 valence electrons. The van der Waals surface area contributed by atoms with Gasteiger partial charge in [-0.15, -0.1) is 0 Å². The van der Waals surface area contributed by atoms with E-state index < -0.39 is 17.9 Å². The third-order valence-corrected chi connectivity index (χ3v) is 3.17. The quantitative estimate of drug-likeness (QED) is 0.497. The Bertz CT molecular complexity index is 514. The predicted molar refractivity (Wildman–Crippen MR) is 65.0 cm³/mol. The standard InChI is InChI=1S/C10H14N4O3S/c1-6(15)12-7(9(16)17)5-18-10-13-8(11)3-4-14(10)2/h3-4,7,11H,5H2,1-2H3,(H,12,15)(H,16,17)/t7-/m0/s1. The van der Waals surface area contributed by atoms with Gasteiger partial charge in [-0.2, -0.15) is 0 Å². The zero-order valence-electron chi connectivity index (χ0n) is 10.0. The van der Waals surface area contributed by atoms with Gasteiger partial charge in [-0.05, 0) is 6.07 Å². The fraction of sp³-hybridized carbons (Fsp3) is 0.400. The van der Waals surface area contributed by atoms with Crippen LogP contribution in [0.2, 0.25) is 0 Å². The van der Waals surface area contributed by atoms with Gasteiger partial charge >= 0.3 is 5.97 Å². The number of carbonyl (C=O) groups is 2. The highest BCUT2D eigenvalue weighted by Gasteiger charge is 2.19. The number of aliphatic carboxylic acids is 1. The molecule has 0 unspecified atom stereocenters. The minimum absolute atomic E-state index is 0.113. The summed E-state index contributed by atoms with van der Waals surface area (Å²) in [6.45, 7) is 1.27. The van der Waals surface area contributed by atoms with E-state index in [0.29, 0.717) is 5.16 Å². The van der Waals surface area contributed by atoms with Crippen molar-refractivity contribution in [1.82, 2.24) is 14.9 Å². The number of aryl methyl sites for hydroxylation is 1. The molecule has 0 saturated heterocycles. The lowest BCUT2D eigenvalue weighted by Crippen LogP contribution is -2.41. The number of rotatable bonds is 5. The number of nitrogens with zero attached hydrogens (tertiary/aromatic N) is 2. The van der Waals surface area contributed by atoms with Gasteiger partial charge in [-0.1, -0.05) is 11.8 Å². The number of amides is 1. The van der Waals surface area contributed by atoms with Crippen molar-refractivity contribution >= 4 is 23.6 Å². The second kappa shape index (κ2) is 6.20. The van der Waals surface area contributed by atoms with E-state index >= 15 is 0 Å². The van der Waals surface area contributed by atoms with Crippen molar-refractivity contribution in [2.24, 2.45) is 7.05 Å². The number of nitrogens with one attached hydrogen (secondary N) is 2. The Morgan fingerprint density at radius 1 is 1.67 bits per heavy atom. The van der Waals surface area contributed by atoms with Crippen LogP contribution in [0.3, 0.4) is 0 Å². The van der Waals surface area contributed by atoms with Gasteiger partial charge in [0.05, 0.1) is 0 Å². The average Bonchev–Trinajstić information content (AvgIpc) is 2.27. The van der Waals surface area contributed by atoms with Gasteiger partial charge in [-0.25, -0.2) is 9.78 Å². The molecular formula is C10H14N4O3S. The molecule has 1 rings (SSSR count). The molecule has 7 nitrogen and oxygen atoms in total. The van der Waals surface area contributed by atoms with E-state index in [4.69, 9.17) is 10.5 Å². The Hall–Kier alpha value is -1.83. The monoisotopic (exact) mass is 270 g/mol. The van der Waals surface area contributed by atoms with Gasteiger partial charge in [-0.3, -0.25) is 10.2 Å². The number of aromatic nitrogens is 2. The van der Waals surface area contributed by atoms with E-state index in [1.54, 1.807) is 17.8 Å². The lowest BCUT2D eigenvalue weighted by Gasteiger charge is -2.13. The molecule has 8 heteroatoms. The number of carboxylic acids is 1. The third-order valence-electron chi connectivity index (χ3n) is 2.03. The van der Waals surface area contributed by atoms with Gasteiger partial charge in [0.15, 0.2) is 5.16 Å². The van der Waals surface area contributed by atoms with E-state index in [0.717, 1.165) is 0 Å². The van der Waals surface area contributed by atoms with E-state index in [1.165, 1.54) is 24.8 Å². The Labute approximate surface area is 108 Å². The Morgan fingerprint density at radius 3 is 2.89 bits per heavy atom. The van der Waals surface area contributed by atoms with E-state index in [2.05, 4.69) is 10.3 Å². The number of hydrogen-bond donors (Lipinski definition) is 3. The number of hydrogen-bond acceptors (Lipinski definition) is 5. The third kappa shape index (κ3) is 4.21. The van der Waals surface area contributed by atoms with Crippen LogP contribution in [0.4, 0.5) is 0 Å². The van der Waals surface area contributed by atoms with Crippen LogP contribution in [0.1, 0.15) is 6.92 Å². The van der Waals surface area contributed by atoms with E-state index in [1.807, 2.05) is 0 Å². The molecule has 0 spiro atoms. The number of thioether (sulfide) groups is 1. The molecule has 1 aromatic heterocycles. The molecule has 1 atom stereocenters. The highest BCUT2D eigenvalue weighted by atomic mass is 32.2. The minimum atomic E-state index is -1.10. The van der Waals surface area contributed by atoms with Crippen LogP contribution in [0, 0.1) is 5.41 Å². The van der Waals surface area contributed by atoms with Gasteiger partial charge in [0, 0.05) is 25.9 Å². The smallest absolute Gasteiger partial charge is 0.327 e. The number of carbonyl (C=O) groups excluding carboxylic acids is 1. The Kier molecular flexibility index (Phi) is 4.90. The van der Waals surface area contributed by atoms with Crippen LogP contribution in [0.25, 0.3) is 0 Å². The maximum Gasteiger partial charge on any atom is 0.327 e. The van der Waals surface area contributed by atoms with Crippen LogP contribution < -0.4 is 10.8 Å². The van der Waals surface area contributed by atoms with Crippen molar-refractivity contribution in [3.63, 3.8) is 0 Å². The first-order chi connectivity index (χ1) is 8.40. The second-order valence-corrected chi connectivity index (χ2v) is 4.60. The highest BCUT2D eigenvalue weighted by Crippen LogP contribution is 2.13. The fourth-order valence-corrected chi connectivity index (χ4v) is 2.15. The zero-order valence-corrected chi connectivity index (χ0v) is 10.8. The first-order valence-corrected chi connectivity index (χ1v) is 6.09. The topological polar surface area (TPSA) is 108 Å². The normalized spacial score (nSPS) is 11.9. The van der Waals surface area contributed by atoms with Crippen molar-refractivity contribution in [3.05, 3.63) is 17.8 Å². The summed E-state index contributed by atoms with van der Waals surface area (Å²) in [5.41, 5.74) is 0.113. The maximum atomic E-state index is 10.9. The summed E-state index contributed by atoms with van der Waals surface area (Å²) in [4.78, 5) is 25.7. The molecule has 18 heavy (non-hydrogen) atoms.